The number of alkyl halides is 1. The van der Waals surface area contributed by atoms with E-state index in [1.165, 1.54) is 0 Å². The van der Waals surface area contributed by atoms with Crippen molar-refractivity contribution < 1.29 is 8.83 Å². The van der Waals surface area contributed by atoms with E-state index in [9.17, 15) is 0 Å². The largest absolute Gasteiger partial charge is 0.445 e. The van der Waals surface area contributed by atoms with E-state index in [0.717, 1.165) is 11.4 Å². The summed E-state index contributed by atoms with van der Waals surface area (Å²) < 4.78 is 11.4. The molecule has 0 bridgehead atoms. The maximum Gasteiger partial charge on any atom is 0.245 e. The van der Waals surface area contributed by atoms with Gasteiger partial charge in [0, 0.05) is 11.4 Å². The molecule has 132 valence electrons. The van der Waals surface area contributed by atoms with E-state index in [0.29, 0.717) is 28.9 Å². The number of nitrogens with zero attached hydrogens (tertiary/aromatic N) is 3. The fraction of sp³-hybridized carbons (Fsp3) is 0.211. The first-order chi connectivity index (χ1) is 12.6. The number of halogens is 1. The monoisotopic (exact) mass is 368 g/mol. The number of rotatable bonds is 4. The van der Waals surface area contributed by atoms with Crippen LogP contribution in [0.15, 0.2) is 63.5 Å². The van der Waals surface area contributed by atoms with E-state index in [-0.39, 0.29) is 5.88 Å². The predicted molar refractivity (Wildman–Crippen MR) is 97.3 cm³/mol. The highest BCUT2D eigenvalue weighted by molar-refractivity contribution is 6.16. The van der Waals surface area contributed by atoms with Gasteiger partial charge >= 0.3 is 0 Å². The first kappa shape index (κ1) is 16.6. The Balaban J connectivity index is 1.81. The lowest BCUT2D eigenvalue weighted by Crippen LogP contribution is -2.42. The topological polar surface area (TPSA) is 77.0 Å². The van der Waals surface area contributed by atoms with Crippen LogP contribution in [0.4, 0.5) is 0 Å². The van der Waals surface area contributed by atoms with Crippen molar-refractivity contribution in [2.24, 2.45) is 0 Å². The third-order valence-corrected chi connectivity index (χ3v) is 4.40. The van der Waals surface area contributed by atoms with Crippen LogP contribution in [0.25, 0.3) is 11.6 Å². The van der Waals surface area contributed by atoms with Gasteiger partial charge in [0.1, 0.15) is 23.9 Å². The number of nitrogens with one attached hydrogen (secondary N) is 1. The highest BCUT2D eigenvalue weighted by Crippen LogP contribution is 2.34. The molecule has 1 aliphatic heterocycles. The van der Waals surface area contributed by atoms with E-state index >= 15 is 0 Å². The fourth-order valence-corrected chi connectivity index (χ4v) is 3.02. The molecule has 3 aromatic rings. The van der Waals surface area contributed by atoms with Crippen LogP contribution >= 0.6 is 11.6 Å². The molecule has 0 fully saturated rings. The van der Waals surface area contributed by atoms with Crippen LogP contribution in [0.5, 0.6) is 0 Å². The lowest BCUT2D eigenvalue weighted by atomic mass is 9.92. The van der Waals surface area contributed by atoms with Crippen LogP contribution < -0.4 is 5.32 Å². The van der Waals surface area contributed by atoms with Crippen LogP contribution in [0.1, 0.15) is 29.9 Å². The molecule has 1 unspecified atom stereocenters. The van der Waals surface area contributed by atoms with Crippen molar-refractivity contribution in [3.8, 4) is 11.6 Å². The number of aromatic nitrogens is 3. The standard InChI is InChI=1S/C19H17ClN4O2/c1-12-5-3-7-15(21-12)17-23-16(11-25-17)19(8-4-6-13(2)24-19)18-22-14(9-20)10-26-18/h3-8,10-11,24H,9H2,1-2H3. The van der Waals surface area contributed by atoms with Gasteiger partial charge in [-0.15, -0.1) is 11.6 Å². The van der Waals surface area contributed by atoms with E-state index in [2.05, 4.69) is 20.3 Å². The average molecular weight is 369 g/mol. The minimum absolute atomic E-state index is 0.273. The van der Waals surface area contributed by atoms with Gasteiger partial charge in [-0.1, -0.05) is 12.1 Å². The maximum atomic E-state index is 5.88. The molecule has 0 aliphatic carbocycles. The first-order valence-corrected chi connectivity index (χ1v) is 8.69. The molecule has 4 heterocycles. The predicted octanol–water partition coefficient (Wildman–Crippen LogP) is 4.08. The summed E-state index contributed by atoms with van der Waals surface area (Å²) in [6.07, 6.45) is 8.99. The molecule has 1 N–H and O–H groups in total. The zero-order valence-corrected chi connectivity index (χ0v) is 15.1. The molecular weight excluding hydrogens is 352 g/mol. The maximum absolute atomic E-state index is 5.88. The molecule has 0 spiro atoms. The third-order valence-electron chi connectivity index (χ3n) is 4.13. The number of oxazole rings is 2. The van der Waals surface area contributed by atoms with Crippen molar-refractivity contribution in [2.45, 2.75) is 25.3 Å². The van der Waals surface area contributed by atoms with Gasteiger partial charge in [-0.25, -0.2) is 15.0 Å². The van der Waals surface area contributed by atoms with Gasteiger partial charge in [0.05, 0.1) is 11.6 Å². The Morgan fingerprint density at radius 1 is 1.12 bits per heavy atom. The highest BCUT2D eigenvalue weighted by Gasteiger charge is 2.41. The summed E-state index contributed by atoms with van der Waals surface area (Å²) in [5.41, 5.74) is 2.94. The molecule has 6 nitrogen and oxygen atoms in total. The Morgan fingerprint density at radius 3 is 2.73 bits per heavy atom. The molecule has 0 saturated heterocycles. The van der Waals surface area contributed by atoms with Crippen LogP contribution in [0.2, 0.25) is 0 Å². The quantitative estimate of drug-likeness (QED) is 0.699. The zero-order chi connectivity index (χ0) is 18.1. The van der Waals surface area contributed by atoms with Gasteiger partial charge in [0.15, 0.2) is 5.54 Å². The number of aryl methyl sites for hydroxylation is 1. The molecule has 0 aromatic carbocycles. The van der Waals surface area contributed by atoms with Crippen molar-refractivity contribution in [3.05, 3.63) is 77.6 Å². The molecule has 0 radical (unpaired) electrons. The Hall–Kier alpha value is -2.86. The SMILES string of the molecule is CC1=CC=CC(c2coc(-c3cccc(C)n3)n2)(c2nc(CCl)co2)N1. The lowest BCUT2D eigenvalue weighted by molar-refractivity contribution is 0.377. The summed E-state index contributed by atoms with van der Waals surface area (Å²) in [4.78, 5) is 13.6. The van der Waals surface area contributed by atoms with Gasteiger partial charge in [-0.2, -0.15) is 0 Å². The molecule has 7 heteroatoms. The van der Waals surface area contributed by atoms with Gasteiger partial charge < -0.3 is 14.2 Å². The Labute approximate surface area is 155 Å². The molecule has 0 amide bonds. The van der Waals surface area contributed by atoms with Crippen molar-refractivity contribution >= 4 is 11.6 Å². The normalized spacial score (nSPS) is 19.3. The summed E-state index contributed by atoms with van der Waals surface area (Å²) >= 11 is 5.88. The van der Waals surface area contributed by atoms with Crippen LogP contribution in [-0.4, -0.2) is 15.0 Å². The summed E-state index contributed by atoms with van der Waals surface area (Å²) in [7, 11) is 0. The molecule has 0 saturated carbocycles. The van der Waals surface area contributed by atoms with Crippen molar-refractivity contribution in [3.63, 3.8) is 0 Å². The van der Waals surface area contributed by atoms with Crippen molar-refractivity contribution in [1.29, 1.82) is 0 Å². The third kappa shape index (κ3) is 2.82. The molecule has 4 rings (SSSR count). The fourth-order valence-electron chi connectivity index (χ4n) is 2.90. The number of pyridine rings is 1. The lowest BCUT2D eigenvalue weighted by Gasteiger charge is -2.30. The van der Waals surface area contributed by atoms with Crippen LogP contribution in [0.3, 0.4) is 0 Å². The zero-order valence-electron chi connectivity index (χ0n) is 14.4. The summed E-state index contributed by atoms with van der Waals surface area (Å²) in [5, 5.41) is 3.41. The van der Waals surface area contributed by atoms with Gasteiger partial charge in [-0.3, -0.25) is 0 Å². The molecule has 3 aromatic heterocycles. The Bertz CT molecular complexity index is 1000. The van der Waals surface area contributed by atoms with Crippen molar-refractivity contribution in [1.82, 2.24) is 20.3 Å². The molecule has 1 aliphatic rings. The van der Waals surface area contributed by atoms with Gasteiger partial charge in [-0.05, 0) is 38.1 Å². The van der Waals surface area contributed by atoms with Gasteiger partial charge in [0.25, 0.3) is 0 Å². The summed E-state index contributed by atoms with van der Waals surface area (Å²) in [5.74, 6) is 1.17. The average Bonchev–Trinajstić information content (AvgIpc) is 3.32. The first-order valence-electron chi connectivity index (χ1n) is 8.16. The Kier molecular flexibility index (Phi) is 4.12. The second kappa shape index (κ2) is 6.46. The highest BCUT2D eigenvalue weighted by atomic mass is 35.5. The van der Waals surface area contributed by atoms with E-state index in [1.807, 2.05) is 50.3 Å². The second-order valence-corrected chi connectivity index (χ2v) is 6.39. The number of hydrogen-bond acceptors (Lipinski definition) is 6. The summed E-state index contributed by atoms with van der Waals surface area (Å²) in [6, 6.07) is 5.71. The minimum Gasteiger partial charge on any atom is -0.445 e. The number of dihydropyridines is 1. The number of allylic oxidation sites excluding steroid dienone is 3. The molecular formula is C19H17ClN4O2. The van der Waals surface area contributed by atoms with E-state index in [4.69, 9.17) is 20.4 Å². The van der Waals surface area contributed by atoms with Crippen molar-refractivity contribution in [2.75, 3.05) is 0 Å². The Morgan fingerprint density at radius 2 is 2.00 bits per heavy atom. The number of hydrogen-bond donors (Lipinski definition) is 1. The van der Waals surface area contributed by atoms with Crippen LogP contribution in [-0.2, 0) is 11.4 Å². The second-order valence-electron chi connectivity index (χ2n) is 6.12. The smallest absolute Gasteiger partial charge is 0.245 e. The minimum atomic E-state index is -0.866. The van der Waals surface area contributed by atoms with Crippen LogP contribution in [0, 0.1) is 6.92 Å². The van der Waals surface area contributed by atoms with E-state index < -0.39 is 5.54 Å². The van der Waals surface area contributed by atoms with E-state index in [1.54, 1.807) is 12.5 Å². The van der Waals surface area contributed by atoms with Gasteiger partial charge in [0.2, 0.25) is 11.8 Å². The molecule has 1 atom stereocenters. The molecule has 26 heavy (non-hydrogen) atoms. The summed E-state index contributed by atoms with van der Waals surface area (Å²) in [6.45, 7) is 3.89.